The van der Waals surface area contributed by atoms with Crippen molar-refractivity contribution in [2.75, 3.05) is 12.4 Å². The van der Waals surface area contributed by atoms with Crippen LogP contribution >= 0.6 is 0 Å². The molecule has 0 bridgehead atoms. The Morgan fingerprint density at radius 3 is 3.00 bits per heavy atom. The lowest BCUT2D eigenvalue weighted by molar-refractivity contribution is 0.373. The van der Waals surface area contributed by atoms with Crippen LogP contribution in [-0.4, -0.2) is 22.2 Å². The highest BCUT2D eigenvalue weighted by atomic mass is 16.5. The maximum Gasteiger partial charge on any atom is 0.160 e. The number of H-pyrrole nitrogens is 1. The summed E-state index contributed by atoms with van der Waals surface area (Å²) in [5.41, 5.74) is 1.81. The van der Waals surface area contributed by atoms with E-state index in [0.29, 0.717) is 12.3 Å². The molecule has 0 atom stereocenters. The minimum absolute atomic E-state index is 0.122. The number of aromatic hydroxyl groups is 1. The van der Waals surface area contributed by atoms with Crippen molar-refractivity contribution in [3.05, 3.63) is 36.4 Å². The van der Waals surface area contributed by atoms with Crippen molar-refractivity contribution >= 4 is 5.69 Å². The fourth-order valence-corrected chi connectivity index (χ4v) is 1.38. The highest BCUT2D eigenvalue weighted by Gasteiger charge is 2.02. The lowest BCUT2D eigenvalue weighted by Gasteiger charge is -2.07. The highest BCUT2D eigenvalue weighted by molar-refractivity contribution is 5.54. The van der Waals surface area contributed by atoms with Gasteiger partial charge in [0.2, 0.25) is 0 Å². The van der Waals surface area contributed by atoms with Crippen LogP contribution in [0.2, 0.25) is 0 Å². The van der Waals surface area contributed by atoms with Gasteiger partial charge in [0.25, 0.3) is 0 Å². The first kappa shape index (κ1) is 10.4. The molecule has 0 aliphatic carbocycles. The van der Waals surface area contributed by atoms with Gasteiger partial charge in [0, 0.05) is 18.0 Å². The maximum atomic E-state index is 9.56. The van der Waals surface area contributed by atoms with Crippen LogP contribution < -0.4 is 10.1 Å². The van der Waals surface area contributed by atoms with E-state index >= 15 is 0 Å². The Morgan fingerprint density at radius 2 is 2.38 bits per heavy atom. The van der Waals surface area contributed by atoms with E-state index < -0.39 is 0 Å². The zero-order chi connectivity index (χ0) is 11.4. The molecule has 0 saturated carbocycles. The second-order valence-electron chi connectivity index (χ2n) is 3.32. The number of rotatable bonds is 4. The number of phenols is 1. The average Bonchev–Trinajstić information content (AvgIpc) is 2.79. The SMILES string of the molecule is COc1ccc(NCc2cnc[nH]2)cc1O. The summed E-state index contributed by atoms with van der Waals surface area (Å²) in [6.07, 6.45) is 3.37. The first-order chi connectivity index (χ1) is 7.79. The molecule has 0 unspecified atom stereocenters. The van der Waals surface area contributed by atoms with Gasteiger partial charge < -0.3 is 20.1 Å². The molecule has 5 nitrogen and oxygen atoms in total. The molecule has 0 aliphatic rings. The second-order valence-corrected chi connectivity index (χ2v) is 3.32. The molecule has 1 aromatic carbocycles. The molecule has 0 radical (unpaired) electrons. The van der Waals surface area contributed by atoms with Crippen LogP contribution in [0.3, 0.4) is 0 Å². The van der Waals surface area contributed by atoms with Crippen LogP contribution in [0.1, 0.15) is 5.69 Å². The lowest BCUT2D eigenvalue weighted by atomic mass is 10.2. The average molecular weight is 219 g/mol. The van der Waals surface area contributed by atoms with Gasteiger partial charge in [0.1, 0.15) is 0 Å². The molecule has 0 aliphatic heterocycles. The number of hydrogen-bond acceptors (Lipinski definition) is 4. The van der Waals surface area contributed by atoms with Gasteiger partial charge in [-0.3, -0.25) is 0 Å². The molecule has 84 valence electrons. The number of hydrogen-bond donors (Lipinski definition) is 3. The first-order valence-electron chi connectivity index (χ1n) is 4.87. The fourth-order valence-electron chi connectivity index (χ4n) is 1.38. The molecule has 2 rings (SSSR count). The molecule has 1 aromatic heterocycles. The van der Waals surface area contributed by atoms with E-state index in [1.165, 1.54) is 7.11 Å². The largest absolute Gasteiger partial charge is 0.504 e. The number of nitrogens with zero attached hydrogens (tertiary/aromatic N) is 1. The predicted octanol–water partition coefficient (Wildman–Crippen LogP) is 1.74. The highest BCUT2D eigenvalue weighted by Crippen LogP contribution is 2.28. The van der Waals surface area contributed by atoms with Crippen molar-refractivity contribution < 1.29 is 9.84 Å². The monoisotopic (exact) mass is 219 g/mol. The van der Waals surface area contributed by atoms with Crippen molar-refractivity contribution in [2.24, 2.45) is 0 Å². The molecule has 0 saturated heterocycles. The van der Waals surface area contributed by atoms with Crippen LogP contribution in [0.15, 0.2) is 30.7 Å². The predicted molar refractivity (Wildman–Crippen MR) is 60.6 cm³/mol. The van der Waals surface area contributed by atoms with Gasteiger partial charge in [0.15, 0.2) is 11.5 Å². The lowest BCUT2D eigenvalue weighted by Crippen LogP contribution is -1.99. The van der Waals surface area contributed by atoms with Gasteiger partial charge in [-0.1, -0.05) is 0 Å². The van der Waals surface area contributed by atoms with E-state index in [-0.39, 0.29) is 5.75 Å². The number of phenolic OH excluding ortho intramolecular Hbond substituents is 1. The van der Waals surface area contributed by atoms with Crippen molar-refractivity contribution in [2.45, 2.75) is 6.54 Å². The molecule has 1 heterocycles. The summed E-state index contributed by atoms with van der Waals surface area (Å²) < 4.78 is 4.96. The maximum absolute atomic E-state index is 9.56. The molecule has 0 fully saturated rings. The minimum Gasteiger partial charge on any atom is -0.504 e. The summed E-state index contributed by atoms with van der Waals surface area (Å²) >= 11 is 0. The van der Waals surface area contributed by atoms with Crippen LogP contribution in [0, 0.1) is 0 Å². The van der Waals surface area contributed by atoms with E-state index in [1.807, 2.05) is 6.07 Å². The summed E-state index contributed by atoms with van der Waals surface area (Å²) in [5.74, 6) is 0.587. The van der Waals surface area contributed by atoms with Crippen LogP contribution in [-0.2, 0) is 6.54 Å². The zero-order valence-electron chi connectivity index (χ0n) is 8.90. The summed E-state index contributed by atoms with van der Waals surface area (Å²) in [4.78, 5) is 6.90. The quantitative estimate of drug-likeness (QED) is 0.732. The van der Waals surface area contributed by atoms with Crippen LogP contribution in [0.4, 0.5) is 5.69 Å². The summed E-state index contributed by atoms with van der Waals surface area (Å²) in [7, 11) is 1.52. The molecular formula is C11H13N3O2. The van der Waals surface area contributed by atoms with Crippen LogP contribution in [0.25, 0.3) is 0 Å². The Morgan fingerprint density at radius 1 is 1.50 bits per heavy atom. The Hall–Kier alpha value is -2.17. The number of anilines is 1. The van der Waals surface area contributed by atoms with E-state index in [1.54, 1.807) is 24.7 Å². The molecule has 16 heavy (non-hydrogen) atoms. The number of nitrogens with one attached hydrogen (secondary N) is 2. The summed E-state index contributed by atoms with van der Waals surface area (Å²) in [5, 5.41) is 12.7. The number of methoxy groups -OCH3 is 1. The Labute approximate surface area is 93.1 Å². The molecule has 5 heteroatoms. The Balaban J connectivity index is 2.02. The van der Waals surface area contributed by atoms with E-state index in [2.05, 4.69) is 15.3 Å². The molecule has 3 N–H and O–H groups in total. The number of aromatic amines is 1. The molecule has 2 aromatic rings. The number of imidazole rings is 1. The Kier molecular flexibility index (Phi) is 2.95. The van der Waals surface area contributed by atoms with E-state index in [4.69, 9.17) is 4.74 Å². The zero-order valence-corrected chi connectivity index (χ0v) is 8.90. The Bertz CT molecular complexity index is 454. The third-order valence-electron chi connectivity index (χ3n) is 2.22. The van der Waals surface area contributed by atoms with Crippen molar-refractivity contribution in [3.63, 3.8) is 0 Å². The van der Waals surface area contributed by atoms with Gasteiger partial charge in [0.05, 0.1) is 25.7 Å². The minimum atomic E-state index is 0.122. The third-order valence-corrected chi connectivity index (χ3v) is 2.22. The standard InChI is InChI=1S/C11H13N3O2/c1-16-11-3-2-8(4-10(11)15)13-6-9-5-12-7-14-9/h2-5,7,13,15H,6H2,1H3,(H,12,14). The van der Waals surface area contributed by atoms with Crippen molar-refractivity contribution in [3.8, 4) is 11.5 Å². The number of aromatic nitrogens is 2. The van der Waals surface area contributed by atoms with Gasteiger partial charge in [-0.15, -0.1) is 0 Å². The van der Waals surface area contributed by atoms with E-state index in [0.717, 1.165) is 11.4 Å². The van der Waals surface area contributed by atoms with Gasteiger partial charge in [-0.05, 0) is 12.1 Å². The number of benzene rings is 1. The van der Waals surface area contributed by atoms with E-state index in [9.17, 15) is 5.11 Å². The van der Waals surface area contributed by atoms with Gasteiger partial charge >= 0.3 is 0 Å². The van der Waals surface area contributed by atoms with Gasteiger partial charge in [-0.2, -0.15) is 0 Å². The van der Waals surface area contributed by atoms with Gasteiger partial charge in [-0.25, -0.2) is 4.98 Å². The number of ether oxygens (including phenoxy) is 1. The van der Waals surface area contributed by atoms with Crippen LogP contribution in [0.5, 0.6) is 11.5 Å². The van der Waals surface area contributed by atoms with Crippen molar-refractivity contribution in [1.29, 1.82) is 0 Å². The molecule has 0 spiro atoms. The summed E-state index contributed by atoms with van der Waals surface area (Å²) in [6.45, 7) is 0.631. The van der Waals surface area contributed by atoms with Crippen molar-refractivity contribution in [1.82, 2.24) is 9.97 Å². The molecule has 0 amide bonds. The fraction of sp³-hybridized carbons (Fsp3) is 0.182. The molecular weight excluding hydrogens is 206 g/mol. The normalized spacial score (nSPS) is 10.1. The summed E-state index contributed by atoms with van der Waals surface area (Å²) in [6, 6.07) is 5.18. The second kappa shape index (κ2) is 4.57. The first-order valence-corrected chi connectivity index (χ1v) is 4.87. The topological polar surface area (TPSA) is 70.2 Å². The smallest absolute Gasteiger partial charge is 0.160 e. The third kappa shape index (κ3) is 2.25.